The van der Waals surface area contributed by atoms with E-state index in [-0.39, 0.29) is 0 Å². The van der Waals surface area contributed by atoms with Gasteiger partial charge in [-0.15, -0.1) is 0 Å². The molecule has 1 aromatic rings. The minimum Gasteiger partial charge on any atom is -0.383 e. The van der Waals surface area contributed by atoms with E-state index in [4.69, 9.17) is 4.74 Å². The minimum absolute atomic E-state index is 0.379. The summed E-state index contributed by atoms with van der Waals surface area (Å²) in [6, 6.07) is 0.379. The molecule has 0 bridgehead atoms. The molecule has 1 atom stereocenters. The monoisotopic (exact) mass is 240 g/mol. The Hall–Kier alpha value is -0.940. The second-order valence-corrected chi connectivity index (χ2v) is 4.73. The van der Waals surface area contributed by atoms with Crippen molar-refractivity contribution in [3.63, 3.8) is 0 Å². The van der Waals surface area contributed by atoms with E-state index in [2.05, 4.69) is 29.2 Å². The summed E-state index contributed by atoms with van der Waals surface area (Å²) in [5.41, 5.74) is 0. The van der Waals surface area contributed by atoms with E-state index in [1.807, 2.05) is 11.7 Å². The molecule has 0 amide bonds. The fourth-order valence-corrected chi connectivity index (χ4v) is 1.80. The lowest BCUT2D eigenvalue weighted by Crippen LogP contribution is -2.30. The van der Waals surface area contributed by atoms with Gasteiger partial charge < -0.3 is 10.1 Å². The third-order valence-corrected chi connectivity index (χ3v) is 2.73. The van der Waals surface area contributed by atoms with Crippen molar-refractivity contribution in [1.29, 1.82) is 0 Å². The molecule has 0 saturated heterocycles. The normalized spacial score (nSPS) is 13.2. The molecule has 1 unspecified atom stereocenters. The lowest BCUT2D eigenvalue weighted by molar-refractivity contribution is 0.165. The Balaban J connectivity index is 2.47. The van der Waals surface area contributed by atoms with Gasteiger partial charge in [-0.1, -0.05) is 13.8 Å². The highest BCUT2D eigenvalue weighted by Gasteiger charge is 2.10. The number of hydrogen-bond acceptors (Lipinski definition) is 4. The van der Waals surface area contributed by atoms with Crippen LogP contribution in [0.25, 0.3) is 0 Å². The largest absolute Gasteiger partial charge is 0.383 e. The molecule has 17 heavy (non-hydrogen) atoms. The molecule has 0 aliphatic carbocycles. The molecule has 0 fully saturated rings. The van der Waals surface area contributed by atoms with Crippen molar-refractivity contribution in [2.45, 2.75) is 39.3 Å². The summed E-state index contributed by atoms with van der Waals surface area (Å²) in [6.07, 6.45) is 3.59. The molecule has 5 heteroatoms. The molecule has 0 aromatic carbocycles. The van der Waals surface area contributed by atoms with Crippen LogP contribution in [-0.4, -0.2) is 41.6 Å². The van der Waals surface area contributed by atoms with Crippen LogP contribution in [0.1, 0.15) is 26.1 Å². The van der Waals surface area contributed by atoms with Crippen LogP contribution in [0.3, 0.4) is 0 Å². The number of aryl methyl sites for hydroxylation is 1. The number of rotatable bonds is 8. The Bertz CT molecular complexity index is 311. The van der Waals surface area contributed by atoms with Gasteiger partial charge in [-0.2, -0.15) is 5.10 Å². The van der Waals surface area contributed by atoms with Crippen LogP contribution in [0.2, 0.25) is 0 Å². The second-order valence-electron chi connectivity index (χ2n) is 4.73. The molecule has 0 spiro atoms. The summed E-state index contributed by atoms with van der Waals surface area (Å²) >= 11 is 0. The van der Waals surface area contributed by atoms with Gasteiger partial charge in [0.1, 0.15) is 12.2 Å². The van der Waals surface area contributed by atoms with Gasteiger partial charge in [-0.25, -0.2) is 9.67 Å². The molecular formula is C12H24N4O. The quantitative estimate of drug-likeness (QED) is 0.739. The minimum atomic E-state index is 0.379. The van der Waals surface area contributed by atoms with Gasteiger partial charge in [-0.05, 0) is 19.4 Å². The number of aromatic nitrogens is 3. The molecule has 0 aliphatic heterocycles. The Morgan fingerprint density at radius 2 is 2.24 bits per heavy atom. The summed E-state index contributed by atoms with van der Waals surface area (Å²) in [5.74, 6) is 1.66. The average Bonchev–Trinajstić information content (AvgIpc) is 2.71. The summed E-state index contributed by atoms with van der Waals surface area (Å²) in [6.45, 7) is 6.04. The van der Waals surface area contributed by atoms with Gasteiger partial charge in [-0.3, -0.25) is 0 Å². The van der Waals surface area contributed by atoms with E-state index in [9.17, 15) is 0 Å². The first-order valence-electron chi connectivity index (χ1n) is 6.20. The van der Waals surface area contributed by atoms with E-state index >= 15 is 0 Å². The van der Waals surface area contributed by atoms with Gasteiger partial charge in [0.25, 0.3) is 0 Å². The van der Waals surface area contributed by atoms with E-state index < -0.39 is 0 Å². The van der Waals surface area contributed by atoms with E-state index in [0.717, 1.165) is 31.8 Å². The Morgan fingerprint density at radius 3 is 2.82 bits per heavy atom. The van der Waals surface area contributed by atoms with Crippen molar-refractivity contribution in [3.05, 3.63) is 12.2 Å². The maximum atomic E-state index is 5.15. The van der Waals surface area contributed by atoms with Gasteiger partial charge in [0.2, 0.25) is 0 Å². The Labute approximate surface area is 104 Å². The van der Waals surface area contributed by atoms with Crippen molar-refractivity contribution in [1.82, 2.24) is 20.1 Å². The smallest absolute Gasteiger partial charge is 0.138 e. The Morgan fingerprint density at radius 1 is 1.47 bits per heavy atom. The predicted octanol–water partition coefficient (Wildman–Crippen LogP) is 1.10. The number of hydrogen-bond donors (Lipinski definition) is 1. The number of ether oxygens (including phenoxy) is 1. The van der Waals surface area contributed by atoms with Crippen molar-refractivity contribution >= 4 is 0 Å². The molecule has 1 rings (SSSR count). The number of nitrogens with zero attached hydrogens (tertiary/aromatic N) is 3. The van der Waals surface area contributed by atoms with Crippen LogP contribution in [-0.2, 0) is 17.7 Å². The highest BCUT2D eigenvalue weighted by atomic mass is 16.5. The van der Waals surface area contributed by atoms with E-state index in [1.54, 1.807) is 13.4 Å². The fraction of sp³-hybridized carbons (Fsp3) is 0.833. The van der Waals surface area contributed by atoms with Crippen LogP contribution >= 0.6 is 0 Å². The van der Waals surface area contributed by atoms with Crippen molar-refractivity contribution in [3.8, 4) is 0 Å². The lowest BCUT2D eigenvalue weighted by atomic mass is 10.1. The molecule has 1 heterocycles. The first-order chi connectivity index (χ1) is 8.17. The first kappa shape index (κ1) is 14.1. The average molecular weight is 240 g/mol. The van der Waals surface area contributed by atoms with Gasteiger partial charge in [0, 0.05) is 26.1 Å². The number of methoxy groups -OCH3 is 1. The topological polar surface area (TPSA) is 52.0 Å². The maximum Gasteiger partial charge on any atom is 0.138 e. The van der Waals surface area contributed by atoms with Crippen molar-refractivity contribution < 1.29 is 4.74 Å². The summed E-state index contributed by atoms with van der Waals surface area (Å²) in [7, 11) is 3.69. The van der Waals surface area contributed by atoms with Crippen molar-refractivity contribution in [2.75, 3.05) is 20.8 Å². The predicted molar refractivity (Wildman–Crippen MR) is 67.9 cm³/mol. The lowest BCUT2D eigenvalue weighted by Gasteiger charge is -2.15. The third-order valence-electron chi connectivity index (χ3n) is 2.73. The van der Waals surface area contributed by atoms with E-state index in [0.29, 0.717) is 12.0 Å². The van der Waals surface area contributed by atoms with Crippen molar-refractivity contribution in [2.24, 2.45) is 5.92 Å². The van der Waals surface area contributed by atoms with Gasteiger partial charge >= 0.3 is 0 Å². The highest BCUT2D eigenvalue weighted by Crippen LogP contribution is 2.05. The SMILES string of the molecule is CNC(CCc1ncnn1CC(C)C)COC. The first-order valence-corrected chi connectivity index (χ1v) is 6.20. The van der Waals surface area contributed by atoms with Crippen LogP contribution in [0.15, 0.2) is 6.33 Å². The molecule has 0 aliphatic rings. The molecule has 5 nitrogen and oxygen atoms in total. The summed E-state index contributed by atoms with van der Waals surface area (Å²) < 4.78 is 7.16. The van der Waals surface area contributed by atoms with Crippen LogP contribution in [0.4, 0.5) is 0 Å². The van der Waals surface area contributed by atoms with Crippen LogP contribution < -0.4 is 5.32 Å². The van der Waals surface area contributed by atoms with Crippen LogP contribution in [0.5, 0.6) is 0 Å². The van der Waals surface area contributed by atoms with Gasteiger partial charge in [0.15, 0.2) is 0 Å². The van der Waals surface area contributed by atoms with Gasteiger partial charge in [0.05, 0.1) is 6.61 Å². The third kappa shape index (κ3) is 4.83. The second kappa shape index (κ2) is 7.40. The zero-order valence-electron chi connectivity index (χ0n) is 11.3. The number of likely N-dealkylation sites (N-methyl/N-ethyl adjacent to an activating group) is 1. The zero-order valence-corrected chi connectivity index (χ0v) is 11.3. The molecule has 0 radical (unpaired) electrons. The zero-order chi connectivity index (χ0) is 12.7. The van der Waals surface area contributed by atoms with Crippen LogP contribution in [0, 0.1) is 5.92 Å². The summed E-state index contributed by atoms with van der Waals surface area (Å²) in [4.78, 5) is 4.32. The molecule has 1 N–H and O–H groups in total. The Kier molecular flexibility index (Phi) is 6.15. The summed E-state index contributed by atoms with van der Waals surface area (Å²) in [5, 5.41) is 7.50. The van der Waals surface area contributed by atoms with E-state index in [1.165, 1.54) is 0 Å². The maximum absolute atomic E-state index is 5.15. The standard InChI is InChI=1S/C12H24N4O/c1-10(2)7-16-12(14-9-15-16)6-5-11(13-3)8-17-4/h9-11,13H,5-8H2,1-4H3. The molecule has 0 saturated carbocycles. The number of nitrogens with one attached hydrogen (secondary N) is 1. The molecule has 1 aromatic heterocycles. The molecule has 98 valence electrons. The molecular weight excluding hydrogens is 216 g/mol. The fourth-order valence-electron chi connectivity index (χ4n) is 1.80. The highest BCUT2D eigenvalue weighted by molar-refractivity contribution is 4.86.